The van der Waals surface area contributed by atoms with Gasteiger partial charge in [0, 0.05) is 11.6 Å². The Labute approximate surface area is 110 Å². The third-order valence-corrected chi connectivity index (χ3v) is 3.92. The van der Waals surface area contributed by atoms with E-state index in [9.17, 15) is 8.78 Å². The van der Waals surface area contributed by atoms with Gasteiger partial charge in [-0.1, -0.05) is 20.8 Å². The highest BCUT2D eigenvalue weighted by atomic mass is 79.9. The highest BCUT2D eigenvalue weighted by molar-refractivity contribution is 9.10. The van der Waals surface area contributed by atoms with Crippen LogP contribution in [0.5, 0.6) is 0 Å². The van der Waals surface area contributed by atoms with Crippen molar-refractivity contribution in [1.82, 2.24) is 0 Å². The molecule has 1 aromatic rings. The van der Waals surface area contributed by atoms with Crippen molar-refractivity contribution in [2.24, 2.45) is 17.6 Å². The maximum Gasteiger partial charge on any atom is 0.143 e. The van der Waals surface area contributed by atoms with Gasteiger partial charge in [-0.2, -0.15) is 0 Å². The Morgan fingerprint density at radius 2 is 1.82 bits per heavy atom. The molecule has 96 valence electrons. The van der Waals surface area contributed by atoms with Gasteiger partial charge in [-0.25, -0.2) is 8.78 Å². The molecule has 1 rings (SSSR count). The second-order valence-corrected chi connectivity index (χ2v) is 5.65. The fraction of sp³-hybridized carbons (Fsp3) is 0.538. The lowest BCUT2D eigenvalue weighted by molar-refractivity contribution is 0.339. The molecule has 17 heavy (non-hydrogen) atoms. The third kappa shape index (κ3) is 3.49. The van der Waals surface area contributed by atoms with E-state index in [2.05, 4.69) is 29.8 Å². The molecule has 0 aliphatic rings. The monoisotopic (exact) mass is 305 g/mol. The van der Waals surface area contributed by atoms with Crippen LogP contribution in [-0.4, -0.2) is 6.04 Å². The van der Waals surface area contributed by atoms with Crippen LogP contribution in [0.3, 0.4) is 0 Å². The number of halogens is 3. The average Bonchev–Trinajstić information content (AvgIpc) is 2.28. The normalized spacial score (nSPS) is 15.1. The van der Waals surface area contributed by atoms with E-state index in [1.165, 1.54) is 12.1 Å². The zero-order valence-electron chi connectivity index (χ0n) is 10.3. The van der Waals surface area contributed by atoms with E-state index < -0.39 is 11.6 Å². The number of hydrogen-bond acceptors (Lipinski definition) is 1. The maximum atomic E-state index is 13.7. The van der Waals surface area contributed by atoms with Gasteiger partial charge in [0.1, 0.15) is 11.6 Å². The van der Waals surface area contributed by atoms with Gasteiger partial charge in [0.25, 0.3) is 0 Å². The van der Waals surface area contributed by atoms with Crippen molar-refractivity contribution in [3.63, 3.8) is 0 Å². The Morgan fingerprint density at radius 1 is 1.24 bits per heavy atom. The molecule has 0 radical (unpaired) electrons. The van der Waals surface area contributed by atoms with Crippen molar-refractivity contribution >= 4 is 15.9 Å². The van der Waals surface area contributed by atoms with Crippen molar-refractivity contribution in [2.75, 3.05) is 0 Å². The van der Waals surface area contributed by atoms with Gasteiger partial charge >= 0.3 is 0 Å². The SMILES string of the molecule is CC(C)C(C)C(N)Cc1c(F)ccc(Br)c1F. The van der Waals surface area contributed by atoms with E-state index in [0.717, 1.165) is 0 Å². The average molecular weight is 306 g/mol. The van der Waals surface area contributed by atoms with Crippen LogP contribution in [0, 0.1) is 23.5 Å². The molecule has 0 spiro atoms. The molecule has 2 unspecified atom stereocenters. The molecular formula is C13H18BrF2N. The van der Waals surface area contributed by atoms with E-state index in [-0.39, 0.29) is 28.4 Å². The molecule has 0 heterocycles. The van der Waals surface area contributed by atoms with Gasteiger partial charge in [0.05, 0.1) is 4.47 Å². The summed E-state index contributed by atoms with van der Waals surface area (Å²) in [7, 11) is 0. The summed E-state index contributed by atoms with van der Waals surface area (Å²) in [6, 6.07) is 2.38. The second kappa shape index (κ2) is 5.91. The van der Waals surface area contributed by atoms with Crippen LogP contribution in [0.1, 0.15) is 26.3 Å². The Kier molecular flexibility index (Phi) is 5.07. The summed E-state index contributed by atoms with van der Waals surface area (Å²) >= 11 is 3.05. The van der Waals surface area contributed by atoms with Gasteiger partial charge in [-0.3, -0.25) is 0 Å². The molecule has 0 amide bonds. The van der Waals surface area contributed by atoms with E-state index in [1.807, 2.05) is 6.92 Å². The van der Waals surface area contributed by atoms with Gasteiger partial charge in [-0.15, -0.1) is 0 Å². The van der Waals surface area contributed by atoms with E-state index >= 15 is 0 Å². The summed E-state index contributed by atoms with van der Waals surface area (Å²) in [6.45, 7) is 6.11. The molecule has 0 aromatic heterocycles. The summed E-state index contributed by atoms with van der Waals surface area (Å²) in [6.07, 6.45) is 0.219. The topological polar surface area (TPSA) is 26.0 Å². The zero-order valence-corrected chi connectivity index (χ0v) is 11.9. The van der Waals surface area contributed by atoms with Gasteiger partial charge in [0.2, 0.25) is 0 Å². The first-order chi connectivity index (χ1) is 7.84. The minimum absolute atomic E-state index is 0.0689. The molecule has 2 atom stereocenters. The van der Waals surface area contributed by atoms with Crippen LogP contribution >= 0.6 is 15.9 Å². The third-order valence-electron chi connectivity index (χ3n) is 3.31. The predicted molar refractivity (Wildman–Crippen MR) is 69.7 cm³/mol. The lowest BCUT2D eigenvalue weighted by Crippen LogP contribution is -2.34. The van der Waals surface area contributed by atoms with E-state index in [0.29, 0.717) is 5.92 Å². The highest BCUT2D eigenvalue weighted by Crippen LogP contribution is 2.24. The summed E-state index contributed by atoms with van der Waals surface area (Å²) in [4.78, 5) is 0. The molecule has 2 N–H and O–H groups in total. The second-order valence-electron chi connectivity index (χ2n) is 4.79. The largest absolute Gasteiger partial charge is 0.327 e. The standard InChI is InChI=1S/C13H18BrF2N/c1-7(2)8(3)12(17)6-9-11(15)5-4-10(14)13(9)16/h4-5,7-8,12H,6,17H2,1-3H3. The maximum absolute atomic E-state index is 13.7. The lowest BCUT2D eigenvalue weighted by Gasteiger charge is -2.23. The smallest absolute Gasteiger partial charge is 0.143 e. The van der Waals surface area contributed by atoms with Crippen molar-refractivity contribution in [3.8, 4) is 0 Å². The highest BCUT2D eigenvalue weighted by Gasteiger charge is 2.21. The first kappa shape index (κ1) is 14.6. The minimum atomic E-state index is -0.545. The summed E-state index contributed by atoms with van der Waals surface area (Å²) in [5.74, 6) is -0.468. The summed E-state index contributed by atoms with van der Waals surface area (Å²) < 4.78 is 27.6. The Hall–Kier alpha value is -0.480. The number of nitrogens with two attached hydrogens (primary N) is 1. The number of rotatable bonds is 4. The Morgan fingerprint density at radius 3 is 2.35 bits per heavy atom. The van der Waals surface area contributed by atoms with E-state index in [4.69, 9.17) is 5.73 Å². The molecule has 0 aliphatic heterocycles. The van der Waals surface area contributed by atoms with Crippen LogP contribution in [-0.2, 0) is 6.42 Å². The number of benzene rings is 1. The Balaban J connectivity index is 2.92. The van der Waals surface area contributed by atoms with Crippen LogP contribution in [0.25, 0.3) is 0 Å². The molecule has 0 saturated heterocycles. The molecular weight excluding hydrogens is 288 g/mol. The van der Waals surface area contributed by atoms with E-state index in [1.54, 1.807) is 0 Å². The van der Waals surface area contributed by atoms with Crippen molar-refractivity contribution in [3.05, 3.63) is 33.8 Å². The van der Waals surface area contributed by atoms with Crippen LogP contribution in [0.15, 0.2) is 16.6 Å². The molecule has 0 fully saturated rings. The first-order valence-electron chi connectivity index (χ1n) is 5.72. The summed E-state index contributed by atoms with van der Waals surface area (Å²) in [5.41, 5.74) is 6.06. The molecule has 1 nitrogen and oxygen atoms in total. The summed E-state index contributed by atoms with van der Waals surface area (Å²) in [5, 5.41) is 0. The fourth-order valence-electron chi connectivity index (χ4n) is 1.67. The van der Waals surface area contributed by atoms with Crippen molar-refractivity contribution in [1.29, 1.82) is 0 Å². The molecule has 4 heteroatoms. The molecule has 1 aromatic carbocycles. The fourth-order valence-corrected chi connectivity index (χ4v) is 2.04. The number of hydrogen-bond donors (Lipinski definition) is 1. The van der Waals surface area contributed by atoms with Gasteiger partial charge < -0.3 is 5.73 Å². The predicted octanol–water partition coefficient (Wildman–Crippen LogP) is 3.89. The zero-order chi connectivity index (χ0) is 13.2. The quantitative estimate of drug-likeness (QED) is 0.839. The first-order valence-corrected chi connectivity index (χ1v) is 6.51. The van der Waals surface area contributed by atoms with Crippen LogP contribution in [0.4, 0.5) is 8.78 Å². The van der Waals surface area contributed by atoms with Crippen molar-refractivity contribution < 1.29 is 8.78 Å². The lowest BCUT2D eigenvalue weighted by atomic mass is 9.87. The van der Waals surface area contributed by atoms with Gasteiger partial charge in [0.15, 0.2) is 0 Å². The Bertz CT molecular complexity index is 393. The van der Waals surface area contributed by atoms with Crippen LogP contribution < -0.4 is 5.73 Å². The van der Waals surface area contributed by atoms with Crippen molar-refractivity contribution in [2.45, 2.75) is 33.2 Å². The molecule has 0 aliphatic carbocycles. The van der Waals surface area contributed by atoms with Gasteiger partial charge in [-0.05, 0) is 46.3 Å². The molecule has 0 saturated carbocycles. The molecule has 0 bridgehead atoms. The minimum Gasteiger partial charge on any atom is -0.327 e. The van der Waals surface area contributed by atoms with Crippen LogP contribution in [0.2, 0.25) is 0 Å².